The Labute approximate surface area is 123 Å². The van der Waals surface area contributed by atoms with E-state index in [1.165, 1.54) is 50.9 Å². The van der Waals surface area contributed by atoms with E-state index in [9.17, 15) is 5.11 Å². The number of rotatable bonds is 2. The van der Waals surface area contributed by atoms with E-state index in [-0.39, 0.29) is 6.61 Å². The Hall–Kier alpha value is -0.540. The lowest BCUT2D eigenvalue weighted by Gasteiger charge is -2.42. The van der Waals surface area contributed by atoms with Gasteiger partial charge in [0, 0.05) is 17.6 Å². The van der Waals surface area contributed by atoms with Crippen LogP contribution in [-0.4, -0.2) is 18.2 Å². The summed E-state index contributed by atoms with van der Waals surface area (Å²) >= 11 is 3.66. The van der Waals surface area contributed by atoms with Crippen LogP contribution in [0.1, 0.15) is 37.7 Å². The largest absolute Gasteiger partial charge is 0.392 e. The molecule has 1 aliphatic carbocycles. The minimum absolute atomic E-state index is 0.115. The van der Waals surface area contributed by atoms with Crippen LogP contribution in [0.4, 0.5) is 5.69 Å². The minimum Gasteiger partial charge on any atom is -0.392 e. The molecular weight excluding hydrogens is 302 g/mol. The van der Waals surface area contributed by atoms with Crippen molar-refractivity contribution in [1.29, 1.82) is 0 Å². The summed E-state index contributed by atoms with van der Waals surface area (Å²) in [5.41, 5.74) is 2.27. The second kappa shape index (κ2) is 5.84. The van der Waals surface area contributed by atoms with E-state index >= 15 is 0 Å². The van der Waals surface area contributed by atoms with Crippen LogP contribution >= 0.6 is 15.9 Å². The average Bonchev–Trinajstić information content (AvgIpc) is 2.46. The molecule has 3 rings (SSSR count). The molecule has 0 aromatic heterocycles. The average molecular weight is 324 g/mol. The topological polar surface area (TPSA) is 23.5 Å². The molecule has 0 bridgehead atoms. The molecule has 19 heavy (non-hydrogen) atoms. The van der Waals surface area contributed by atoms with Crippen molar-refractivity contribution in [1.82, 2.24) is 0 Å². The maximum atomic E-state index is 9.18. The molecule has 104 valence electrons. The molecule has 1 aliphatic heterocycles. The van der Waals surface area contributed by atoms with Crippen LogP contribution < -0.4 is 4.90 Å². The molecule has 2 nitrogen and oxygen atoms in total. The maximum absolute atomic E-state index is 9.18. The predicted molar refractivity (Wildman–Crippen MR) is 82.3 cm³/mol. The first-order chi connectivity index (χ1) is 9.28. The number of aliphatic hydroxyl groups is 1. The Bertz CT molecular complexity index is 448. The fraction of sp³-hybridized carbons (Fsp3) is 0.625. The minimum atomic E-state index is 0.115. The number of hydrogen-bond acceptors (Lipinski definition) is 2. The van der Waals surface area contributed by atoms with Gasteiger partial charge in [-0.25, -0.2) is 0 Å². The van der Waals surface area contributed by atoms with E-state index in [4.69, 9.17) is 0 Å². The van der Waals surface area contributed by atoms with Gasteiger partial charge in [0.2, 0.25) is 0 Å². The summed E-state index contributed by atoms with van der Waals surface area (Å²) in [4.78, 5) is 2.53. The monoisotopic (exact) mass is 323 g/mol. The Morgan fingerprint density at radius 3 is 2.68 bits per heavy atom. The third-order valence-corrected chi connectivity index (χ3v) is 5.46. The van der Waals surface area contributed by atoms with Crippen molar-refractivity contribution in [3.8, 4) is 0 Å². The molecule has 1 N–H and O–H groups in total. The van der Waals surface area contributed by atoms with Gasteiger partial charge in [-0.2, -0.15) is 0 Å². The van der Waals surface area contributed by atoms with Crippen LogP contribution in [0.2, 0.25) is 0 Å². The quantitative estimate of drug-likeness (QED) is 0.890. The van der Waals surface area contributed by atoms with Crippen LogP contribution in [0.5, 0.6) is 0 Å². The molecule has 1 heterocycles. The fourth-order valence-electron chi connectivity index (χ4n) is 3.72. The van der Waals surface area contributed by atoms with E-state index in [0.717, 1.165) is 21.9 Å². The smallest absolute Gasteiger partial charge is 0.0682 e. The molecule has 3 heteroatoms. The number of halogens is 1. The Kier molecular flexibility index (Phi) is 4.13. The van der Waals surface area contributed by atoms with E-state index in [1.54, 1.807) is 0 Å². The van der Waals surface area contributed by atoms with Gasteiger partial charge in [-0.15, -0.1) is 0 Å². The SMILES string of the molecule is OCc1ccc(N2CCC3CCCCC3C2)c(Br)c1. The summed E-state index contributed by atoms with van der Waals surface area (Å²) in [5, 5.41) is 9.18. The predicted octanol–water partition coefficient (Wildman–Crippen LogP) is 3.96. The van der Waals surface area contributed by atoms with Gasteiger partial charge in [0.25, 0.3) is 0 Å². The zero-order valence-corrected chi connectivity index (χ0v) is 12.9. The van der Waals surface area contributed by atoms with E-state index < -0.39 is 0 Å². The highest BCUT2D eigenvalue weighted by Crippen LogP contribution is 2.39. The molecule has 2 unspecified atom stereocenters. The third-order valence-electron chi connectivity index (χ3n) is 4.83. The molecule has 1 saturated heterocycles. The summed E-state index contributed by atoms with van der Waals surface area (Å²) in [6.45, 7) is 2.50. The summed E-state index contributed by atoms with van der Waals surface area (Å²) < 4.78 is 1.12. The van der Waals surface area contributed by atoms with E-state index in [0.29, 0.717) is 0 Å². The second-order valence-electron chi connectivity index (χ2n) is 5.98. The first kappa shape index (κ1) is 13.4. The highest BCUT2D eigenvalue weighted by Gasteiger charge is 2.31. The summed E-state index contributed by atoms with van der Waals surface area (Å²) in [5.74, 6) is 1.87. The van der Waals surface area contributed by atoms with Crippen LogP contribution in [0.15, 0.2) is 22.7 Å². The lowest BCUT2D eigenvalue weighted by molar-refractivity contribution is 0.202. The third kappa shape index (κ3) is 2.82. The number of benzene rings is 1. The van der Waals surface area contributed by atoms with Gasteiger partial charge < -0.3 is 10.0 Å². The molecule has 1 saturated carbocycles. The molecular formula is C16H22BrNO. The van der Waals surface area contributed by atoms with Crippen molar-refractivity contribution < 1.29 is 5.11 Å². The van der Waals surface area contributed by atoms with Crippen molar-refractivity contribution in [2.45, 2.75) is 38.7 Å². The Morgan fingerprint density at radius 1 is 1.16 bits per heavy atom. The molecule has 2 atom stereocenters. The zero-order chi connectivity index (χ0) is 13.2. The van der Waals surface area contributed by atoms with E-state index in [1.807, 2.05) is 12.1 Å². The van der Waals surface area contributed by atoms with E-state index in [2.05, 4.69) is 26.9 Å². The second-order valence-corrected chi connectivity index (χ2v) is 6.84. The van der Waals surface area contributed by atoms with Gasteiger partial charge in [-0.05, 0) is 58.3 Å². The zero-order valence-electron chi connectivity index (χ0n) is 11.3. The van der Waals surface area contributed by atoms with Gasteiger partial charge in [0.15, 0.2) is 0 Å². The Morgan fingerprint density at radius 2 is 1.95 bits per heavy atom. The standard InChI is InChI=1S/C16H22BrNO/c17-15-9-12(11-19)5-6-16(15)18-8-7-13-3-1-2-4-14(13)10-18/h5-6,9,13-14,19H,1-4,7-8,10-11H2. The summed E-state index contributed by atoms with van der Waals surface area (Å²) in [7, 11) is 0. The molecule has 1 aromatic carbocycles. The molecule has 2 fully saturated rings. The van der Waals surface area contributed by atoms with Crippen molar-refractivity contribution in [2.24, 2.45) is 11.8 Å². The van der Waals surface area contributed by atoms with Crippen LogP contribution in [0, 0.1) is 11.8 Å². The van der Waals surface area contributed by atoms with Crippen LogP contribution in [0.25, 0.3) is 0 Å². The molecule has 0 amide bonds. The normalized spacial score (nSPS) is 27.2. The van der Waals surface area contributed by atoms with Crippen molar-refractivity contribution in [3.05, 3.63) is 28.2 Å². The lowest BCUT2D eigenvalue weighted by atomic mass is 9.75. The van der Waals surface area contributed by atoms with Crippen molar-refractivity contribution in [3.63, 3.8) is 0 Å². The number of piperidine rings is 1. The highest BCUT2D eigenvalue weighted by atomic mass is 79.9. The summed E-state index contributed by atoms with van der Waals surface area (Å²) in [6.07, 6.45) is 7.06. The summed E-state index contributed by atoms with van der Waals surface area (Å²) in [6, 6.07) is 6.23. The molecule has 2 aliphatic rings. The molecule has 1 aromatic rings. The first-order valence-electron chi connectivity index (χ1n) is 7.42. The van der Waals surface area contributed by atoms with Gasteiger partial charge in [0.1, 0.15) is 0 Å². The Balaban J connectivity index is 1.75. The number of fused-ring (bicyclic) bond motifs is 1. The van der Waals surface area contributed by atoms with Gasteiger partial charge in [-0.1, -0.05) is 25.3 Å². The van der Waals surface area contributed by atoms with Crippen LogP contribution in [0.3, 0.4) is 0 Å². The highest BCUT2D eigenvalue weighted by molar-refractivity contribution is 9.10. The fourth-order valence-corrected chi connectivity index (χ4v) is 4.40. The van der Waals surface area contributed by atoms with Gasteiger partial charge in [-0.3, -0.25) is 0 Å². The number of hydrogen-bond donors (Lipinski definition) is 1. The van der Waals surface area contributed by atoms with Crippen LogP contribution in [-0.2, 0) is 6.61 Å². The maximum Gasteiger partial charge on any atom is 0.0682 e. The molecule has 0 radical (unpaired) electrons. The number of aliphatic hydroxyl groups excluding tert-OH is 1. The van der Waals surface area contributed by atoms with Gasteiger partial charge in [0.05, 0.1) is 12.3 Å². The number of anilines is 1. The first-order valence-corrected chi connectivity index (χ1v) is 8.21. The van der Waals surface area contributed by atoms with Crippen molar-refractivity contribution >= 4 is 21.6 Å². The lowest BCUT2D eigenvalue weighted by Crippen LogP contribution is -2.41. The van der Waals surface area contributed by atoms with Gasteiger partial charge >= 0.3 is 0 Å². The number of nitrogens with zero attached hydrogens (tertiary/aromatic N) is 1. The molecule has 0 spiro atoms. The van der Waals surface area contributed by atoms with Crippen molar-refractivity contribution in [2.75, 3.05) is 18.0 Å².